The van der Waals surface area contributed by atoms with E-state index in [2.05, 4.69) is 19.1 Å². The fraction of sp³-hybridized carbons (Fsp3) is 0.129. The number of allylic oxidation sites excluding steroid dienone is 1. The third kappa shape index (κ3) is 4.37. The number of thiazole rings is 1. The average molecular weight is 540 g/mol. The number of quaternary nitrogens is 1. The summed E-state index contributed by atoms with van der Waals surface area (Å²) < 4.78 is 34.8. The highest BCUT2D eigenvalue weighted by molar-refractivity contribution is 7.86. The molecule has 0 spiro atoms. The number of aromatic nitrogens is 1. The Balaban J connectivity index is 1.56. The molecule has 38 heavy (non-hydrogen) atoms. The summed E-state index contributed by atoms with van der Waals surface area (Å²) in [6.45, 7) is 4.35. The molecule has 0 N–H and O–H groups in total. The molecule has 0 saturated carbocycles. The molecule has 7 heteroatoms. The molecule has 1 aromatic heterocycles. The Morgan fingerprint density at radius 3 is 2.32 bits per heavy atom. The van der Waals surface area contributed by atoms with Crippen LogP contribution in [0.25, 0.3) is 15.8 Å². The van der Waals surface area contributed by atoms with E-state index in [9.17, 15) is 8.42 Å². The average Bonchev–Trinajstić information content (AvgIpc) is 3.37. The van der Waals surface area contributed by atoms with Crippen LogP contribution in [-0.4, -0.2) is 19.9 Å². The van der Waals surface area contributed by atoms with Gasteiger partial charge >= 0.3 is 10.1 Å². The first kappa shape index (κ1) is 24.7. The van der Waals surface area contributed by atoms with E-state index >= 15 is 0 Å². The van der Waals surface area contributed by atoms with E-state index in [1.807, 2.05) is 73.7 Å². The van der Waals surface area contributed by atoms with Crippen LogP contribution in [-0.2, 0) is 20.8 Å². The van der Waals surface area contributed by atoms with Crippen LogP contribution in [0, 0.1) is 6.92 Å². The number of hydrogen-bond donors (Lipinski definition) is 0. The second kappa shape index (κ2) is 9.60. The van der Waals surface area contributed by atoms with Gasteiger partial charge in [0.05, 0.1) is 15.1 Å². The predicted molar refractivity (Wildman–Crippen MR) is 155 cm³/mol. The first-order valence-electron chi connectivity index (χ1n) is 12.5. The zero-order chi connectivity index (χ0) is 26.3. The molecule has 190 valence electrons. The Labute approximate surface area is 227 Å². The van der Waals surface area contributed by atoms with Crippen molar-refractivity contribution < 1.29 is 12.7 Å². The summed E-state index contributed by atoms with van der Waals surface area (Å²) in [6, 6.07) is 32.4. The van der Waals surface area contributed by atoms with Gasteiger partial charge in [-0.3, -0.25) is 0 Å². The molecular formula is C31H27N2O3S2+. The van der Waals surface area contributed by atoms with Gasteiger partial charge in [0.1, 0.15) is 11.6 Å². The molecule has 4 aromatic carbocycles. The van der Waals surface area contributed by atoms with Crippen LogP contribution in [0.1, 0.15) is 23.1 Å². The van der Waals surface area contributed by atoms with E-state index in [-0.39, 0.29) is 9.54 Å². The number of nitrogens with zero attached hydrogens (tertiary/aromatic N) is 2. The van der Waals surface area contributed by atoms with Crippen LogP contribution >= 0.6 is 11.3 Å². The highest BCUT2D eigenvalue weighted by Crippen LogP contribution is 2.46. The molecule has 5 aromatic rings. The zero-order valence-corrected chi connectivity index (χ0v) is 22.8. The topological polar surface area (TPSA) is 56.3 Å². The van der Waals surface area contributed by atoms with Crippen molar-refractivity contribution in [1.29, 1.82) is 0 Å². The molecule has 0 aliphatic carbocycles. The van der Waals surface area contributed by atoms with Crippen molar-refractivity contribution in [2.75, 3.05) is 6.54 Å². The van der Waals surface area contributed by atoms with Crippen molar-refractivity contribution in [3.8, 4) is 0 Å². The smallest absolute Gasteiger partial charge is 0.236 e. The van der Waals surface area contributed by atoms with Gasteiger partial charge < -0.3 is 0 Å². The standard InChI is InChI=1S/C31H27N2O3S2/c1-22-16-18-27(19-17-22)38(34,35)36-33(26-11-4-3-5-12-26)21-25(20-24-10-6-8-14-29(24)33)23(2)31-32-28-13-7-9-15-30(28)37-31/h3-19H,20-21H2,1-2H3/q+1. The first-order chi connectivity index (χ1) is 18.4. The molecule has 2 heterocycles. The molecule has 1 aliphatic heterocycles. The summed E-state index contributed by atoms with van der Waals surface area (Å²) in [6.07, 6.45) is 0.693. The SMILES string of the molecule is CC(=C1Cc2ccccc2[N+](OS(=O)(=O)c2ccc(C)cc2)(c2ccccc2)C1)c1nc2ccccc2s1. The van der Waals surface area contributed by atoms with Crippen molar-refractivity contribution in [2.24, 2.45) is 0 Å². The highest BCUT2D eigenvalue weighted by Gasteiger charge is 2.47. The Kier molecular flexibility index (Phi) is 6.24. The molecule has 0 bridgehead atoms. The van der Waals surface area contributed by atoms with Gasteiger partial charge in [-0.1, -0.05) is 75.2 Å². The third-order valence-electron chi connectivity index (χ3n) is 7.05. The maximum Gasteiger partial charge on any atom is 0.343 e. The Morgan fingerprint density at radius 2 is 1.55 bits per heavy atom. The van der Waals surface area contributed by atoms with Gasteiger partial charge in [-0.05, 0) is 49.3 Å². The highest BCUT2D eigenvalue weighted by atomic mass is 32.2. The number of aryl methyl sites for hydroxylation is 1. The number of benzene rings is 4. The maximum absolute atomic E-state index is 13.8. The lowest BCUT2D eigenvalue weighted by Gasteiger charge is -2.38. The first-order valence-corrected chi connectivity index (χ1v) is 14.7. The molecule has 0 fully saturated rings. The number of rotatable bonds is 5. The largest absolute Gasteiger partial charge is 0.343 e. The van der Waals surface area contributed by atoms with Gasteiger partial charge in [-0.15, -0.1) is 11.3 Å². The predicted octanol–water partition coefficient (Wildman–Crippen LogP) is 7.59. The lowest BCUT2D eigenvalue weighted by Crippen LogP contribution is -2.50. The van der Waals surface area contributed by atoms with Gasteiger partial charge in [0.15, 0.2) is 11.4 Å². The molecule has 0 radical (unpaired) electrons. The van der Waals surface area contributed by atoms with E-state index in [0.29, 0.717) is 13.0 Å². The minimum atomic E-state index is -4.12. The Morgan fingerprint density at radius 1 is 0.868 bits per heavy atom. The lowest BCUT2D eigenvalue weighted by atomic mass is 9.93. The summed E-state index contributed by atoms with van der Waals surface area (Å²) in [5.74, 6) is 0. The van der Waals surface area contributed by atoms with E-state index in [1.165, 1.54) is 0 Å². The van der Waals surface area contributed by atoms with Gasteiger partial charge in [0.2, 0.25) is 0 Å². The van der Waals surface area contributed by atoms with Crippen LogP contribution < -0.4 is 4.65 Å². The van der Waals surface area contributed by atoms with Crippen molar-refractivity contribution in [3.63, 3.8) is 0 Å². The number of fused-ring (bicyclic) bond motifs is 2. The molecule has 1 aliphatic rings. The van der Waals surface area contributed by atoms with Crippen LogP contribution in [0.4, 0.5) is 11.4 Å². The number of hydroxylamine groups is 1. The zero-order valence-electron chi connectivity index (χ0n) is 21.2. The van der Waals surface area contributed by atoms with E-state index in [0.717, 1.165) is 48.9 Å². The summed E-state index contributed by atoms with van der Waals surface area (Å²) in [5, 5.41) is 0.938. The summed E-state index contributed by atoms with van der Waals surface area (Å²) in [7, 11) is -4.12. The van der Waals surface area contributed by atoms with Crippen molar-refractivity contribution >= 4 is 48.6 Å². The second-order valence-corrected chi connectivity index (χ2v) is 12.2. The van der Waals surface area contributed by atoms with Gasteiger partial charge in [0, 0.05) is 30.2 Å². The van der Waals surface area contributed by atoms with Crippen molar-refractivity contribution in [2.45, 2.75) is 25.2 Å². The third-order valence-corrected chi connectivity index (χ3v) is 9.51. The minimum Gasteiger partial charge on any atom is -0.236 e. The lowest BCUT2D eigenvalue weighted by molar-refractivity contribution is 0.0219. The summed E-state index contributed by atoms with van der Waals surface area (Å²) in [5.41, 5.74) is 6.67. The molecule has 0 amide bonds. The summed E-state index contributed by atoms with van der Waals surface area (Å²) in [4.78, 5) is 5.02. The van der Waals surface area contributed by atoms with E-state index in [1.54, 1.807) is 35.6 Å². The Bertz CT molecular complexity index is 1740. The van der Waals surface area contributed by atoms with Crippen LogP contribution in [0.5, 0.6) is 0 Å². The van der Waals surface area contributed by atoms with Crippen LogP contribution in [0.15, 0.2) is 114 Å². The molecular weight excluding hydrogens is 512 g/mol. The fourth-order valence-corrected chi connectivity index (χ4v) is 7.14. The molecule has 5 nitrogen and oxygen atoms in total. The van der Waals surface area contributed by atoms with Crippen molar-refractivity contribution in [3.05, 3.63) is 125 Å². The number of para-hydroxylation sites is 3. The van der Waals surface area contributed by atoms with Crippen molar-refractivity contribution in [1.82, 2.24) is 9.63 Å². The van der Waals surface area contributed by atoms with E-state index < -0.39 is 10.1 Å². The second-order valence-electron chi connectivity index (χ2n) is 9.60. The van der Waals surface area contributed by atoms with Gasteiger partial charge in [-0.2, -0.15) is 8.42 Å². The fourth-order valence-electron chi connectivity index (χ4n) is 5.01. The van der Waals surface area contributed by atoms with Crippen LogP contribution in [0.2, 0.25) is 0 Å². The molecule has 6 rings (SSSR count). The van der Waals surface area contributed by atoms with E-state index in [4.69, 9.17) is 9.27 Å². The van der Waals surface area contributed by atoms with Gasteiger partial charge in [-0.25, -0.2) is 4.98 Å². The summed E-state index contributed by atoms with van der Waals surface area (Å²) >= 11 is 1.65. The molecule has 1 unspecified atom stereocenters. The Hall–Kier alpha value is -3.62. The van der Waals surface area contributed by atoms with Crippen LogP contribution in [0.3, 0.4) is 0 Å². The van der Waals surface area contributed by atoms with Gasteiger partial charge in [0.25, 0.3) is 0 Å². The maximum atomic E-state index is 13.8. The quantitative estimate of drug-likeness (QED) is 0.216. The molecule has 1 atom stereocenters. The monoisotopic (exact) mass is 539 g/mol. The number of hydrogen-bond acceptors (Lipinski definition) is 5. The molecule has 0 saturated heterocycles. The normalized spacial score (nSPS) is 18.8. The minimum absolute atomic E-state index is 0.132.